The molecule has 1 aliphatic heterocycles. The van der Waals surface area contributed by atoms with Crippen LogP contribution in [-0.2, 0) is 11.3 Å². The summed E-state index contributed by atoms with van der Waals surface area (Å²) in [7, 11) is 0. The van der Waals surface area contributed by atoms with Crippen molar-refractivity contribution in [3.05, 3.63) is 40.2 Å². The Kier molecular flexibility index (Phi) is 6.00. The first kappa shape index (κ1) is 18.8. The van der Waals surface area contributed by atoms with Crippen LogP contribution in [0.3, 0.4) is 0 Å². The first-order valence-electron chi connectivity index (χ1n) is 9.15. The van der Waals surface area contributed by atoms with E-state index in [-0.39, 0.29) is 18.0 Å². The average molecular weight is 371 g/mol. The zero-order valence-electron chi connectivity index (χ0n) is 15.7. The minimum absolute atomic E-state index is 0.0494. The minimum Gasteiger partial charge on any atom is -0.356 e. The number of carbonyl (C=O) groups excluding carboxylic acids is 1. The molecule has 0 bridgehead atoms. The monoisotopic (exact) mass is 371 g/mol. The van der Waals surface area contributed by atoms with Crippen molar-refractivity contribution in [2.45, 2.75) is 33.2 Å². The van der Waals surface area contributed by atoms with E-state index in [1.807, 2.05) is 13.0 Å². The van der Waals surface area contributed by atoms with Gasteiger partial charge in [-0.25, -0.2) is 9.97 Å². The summed E-state index contributed by atoms with van der Waals surface area (Å²) in [5.74, 6) is 1.26. The number of amides is 1. The Bertz CT molecular complexity index is 859. The number of aromatic nitrogens is 4. The van der Waals surface area contributed by atoms with Crippen LogP contribution in [0.25, 0.3) is 0 Å². The number of hydrogen-bond acceptors (Lipinski definition) is 7. The van der Waals surface area contributed by atoms with E-state index in [0.29, 0.717) is 24.7 Å². The van der Waals surface area contributed by atoms with Crippen LogP contribution in [0.2, 0.25) is 0 Å². The maximum Gasteiger partial charge on any atom is 0.253 e. The summed E-state index contributed by atoms with van der Waals surface area (Å²) in [5, 5.41) is 5.92. The molecule has 1 aliphatic rings. The molecule has 3 heterocycles. The largest absolute Gasteiger partial charge is 0.356 e. The van der Waals surface area contributed by atoms with E-state index < -0.39 is 0 Å². The molecule has 0 radical (unpaired) electrons. The Morgan fingerprint density at radius 3 is 2.63 bits per heavy atom. The van der Waals surface area contributed by atoms with Gasteiger partial charge < -0.3 is 15.5 Å². The van der Waals surface area contributed by atoms with Crippen molar-refractivity contribution < 1.29 is 4.79 Å². The Labute approximate surface area is 157 Å². The molecular formula is C18H25N7O2. The van der Waals surface area contributed by atoms with E-state index in [4.69, 9.17) is 0 Å². The number of hydrogen-bond donors (Lipinski definition) is 2. The van der Waals surface area contributed by atoms with Crippen molar-refractivity contribution in [1.29, 1.82) is 0 Å². The highest BCUT2D eigenvalue weighted by Crippen LogP contribution is 2.19. The summed E-state index contributed by atoms with van der Waals surface area (Å²) in [6, 6.07) is 3.40. The van der Waals surface area contributed by atoms with Gasteiger partial charge in [-0.3, -0.25) is 14.2 Å². The van der Waals surface area contributed by atoms with Crippen molar-refractivity contribution in [1.82, 2.24) is 24.8 Å². The van der Waals surface area contributed by atoms with Gasteiger partial charge in [0.05, 0.1) is 6.33 Å². The molecule has 2 N–H and O–H groups in total. The van der Waals surface area contributed by atoms with Crippen molar-refractivity contribution in [3.63, 3.8) is 0 Å². The lowest BCUT2D eigenvalue weighted by Gasteiger charge is -2.17. The minimum atomic E-state index is -0.243. The summed E-state index contributed by atoms with van der Waals surface area (Å²) < 4.78 is 1.28. The molecule has 0 aromatic carbocycles. The molecule has 2 aromatic heterocycles. The number of rotatable bonds is 7. The number of nitrogens with zero attached hydrogens (tertiary/aromatic N) is 5. The molecule has 1 amide bonds. The van der Waals surface area contributed by atoms with Gasteiger partial charge in [-0.1, -0.05) is 0 Å². The molecule has 0 atom stereocenters. The molecule has 1 saturated heterocycles. The first-order valence-corrected chi connectivity index (χ1v) is 9.15. The number of aryl methyl sites for hydroxylation is 2. The topological polar surface area (TPSA) is 105 Å². The zero-order valence-corrected chi connectivity index (χ0v) is 15.7. The number of anilines is 2. The van der Waals surface area contributed by atoms with E-state index in [1.54, 1.807) is 6.92 Å². The smallest absolute Gasteiger partial charge is 0.253 e. The van der Waals surface area contributed by atoms with E-state index in [9.17, 15) is 9.59 Å². The van der Waals surface area contributed by atoms with Crippen LogP contribution in [-0.4, -0.2) is 51.6 Å². The Morgan fingerprint density at radius 2 is 1.89 bits per heavy atom. The van der Waals surface area contributed by atoms with E-state index in [1.165, 1.54) is 29.8 Å². The lowest BCUT2D eigenvalue weighted by Crippen LogP contribution is -2.35. The summed E-state index contributed by atoms with van der Waals surface area (Å²) in [5.41, 5.74) is 1.30. The van der Waals surface area contributed by atoms with Crippen LogP contribution >= 0.6 is 0 Å². The van der Waals surface area contributed by atoms with E-state index in [2.05, 4.69) is 30.5 Å². The van der Waals surface area contributed by atoms with Gasteiger partial charge in [0.2, 0.25) is 11.9 Å². The second-order valence-electron chi connectivity index (χ2n) is 6.66. The van der Waals surface area contributed by atoms with Crippen LogP contribution in [0.5, 0.6) is 0 Å². The van der Waals surface area contributed by atoms with Crippen molar-refractivity contribution in [2.24, 2.45) is 0 Å². The van der Waals surface area contributed by atoms with Crippen LogP contribution in [0.1, 0.15) is 24.2 Å². The molecule has 0 saturated carbocycles. The quantitative estimate of drug-likeness (QED) is 0.682. The second kappa shape index (κ2) is 8.61. The third-order valence-corrected chi connectivity index (χ3v) is 4.33. The molecule has 9 heteroatoms. The standard InChI is InChI=1S/C18H25N7O2/c1-13-10-17(27)25(12-21-13)11-16(26)19-5-6-20-18-22-14(2)9-15(23-18)24-7-3-4-8-24/h9-10,12H,3-8,11H2,1-2H3,(H,19,26)(H,20,22,23). The SMILES string of the molecule is Cc1cc(=O)n(CC(=O)NCCNc2nc(C)cc(N3CCCC3)n2)cn1. The number of carbonyl (C=O) groups is 1. The third-order valence-electron chi connectivity index (χ3n) is 4.33. The molecule has 0 unspecified atom stereocenters. The molecule has 1 fully saturated rings. The van der Waals surface area contributed by atoms with Gasteiger partial charge in [0.1, 0.15) is 12.4 Å². The van der Waals surface area contributed by atoms with Crippen LogP contribution in [0.4, 0.5) is 11.8 Å². The van der Waals surface area contributed by atoms with E-state index in [0.717, 1.165) is 24.6 Å². The lowest BCUT2D eigenvalue weighted by atomic mass is 10.4. The van der Waals surface area contributed by atoms with Crippen molar-refractivity contribution in [2.75, 3.05) is 36.4 Å². The Hall–Kier alpha value is -2.97. The summed E-state index contributed by atoms with van der Waals surface area (Å²) >= 11 is 0. The Balaban J connectivity index is 1.47. The highest BCUT2D eigenvalue weighted by atomic mass is 16.2. The van der Waals surface area contributed by atoms with Gasteiger partial charge in [0.15, 0.2) is 0 Å². The van der Waals surface area contributed by atoms with Gasteiger partial charge >= 0.3 is 0 Å². The van der Waals surface area contributed by atoms with Gasteiger partial charge in [-0.15, -0.1) is 0 Å². The molecule has 144 valence electrons. The fourth-order valence-corrected chi connectivity index (χ4v) is 2.96. The Morgan fingerprint density at radius 1 is 1.11 bits per heavy atom. The van der Waals surface area contributed by atoms with Gasteiger partial charge in [0.25, 0.3) is 5.56 Å². The van der Waals surface area contributed by atoms with Crippen LogP contribution in [0, 0.1) is 13.8 Å². The van der Waals surface area contributed by atoms with Crippen LogP contribution < -0.4 is 21.1 Å². The summed E-state index contributed by atoms with van der Waals surface area (Å²) in [6.07, 6.45) is 3.77. The molecule has 3 rings (SSSR count). The molecule has 2 aromatic rings. The fourth-order valence-electron chi connectivity index (χ4n) is 2.96. The lowest BCUT2D eigenvalue weighted by molar-refractivity contribution is -0.121. The predicted octanol–water partition coefficient (Wildman–Crippen LogP) is 0.479. The maximum absolute atomic E-state index is 12.0. The summed E-state index contributed by atoms with van der Waals surface area (Å²) in [4.78, 5) is 39.0. The fraction of sp³-hybridized carbons (Fsp3) is 0.500. The predicted molar refractivity (Wildman–Crippen MR) is 103 cm³/mol. The second-order valence-corrected chi connectivity index (χ2v) is 6.66. The van der Waals surface area contributed by atoms with E-state index >= 15 is 0 Å². The summed E-state index contributed by atoms with van der Waals surface area (Å²) in [6.45, 7) is 6.59. The average Bonchev–Trinajstić information content (AvgIpc) is 3.15. The van der Waals surface area contributed by atoms with Crippen molar-refractivity contribution in [3.8, 4) is 0 Å². The van der Waals surface area contributed by atoms with Gasteiger partial charge in [-0.2, -0.15) is 4.98 Å². The zero-order chi connectivity index (χ0) is 19.2. The highest BCUT2D eigenvalue weighted by Gasteiger charge is 2.15. The first-order chi connectivity index (χ1) is 13.0. The van der Waals surface area contributed by atoms with Gasteiger partial charge in [0, 0.05) is 49.7 Å². The maximum atomic E-state index is 12.0. The molecular weight excluding hydrogens is 346 g/mol. The normalized spacial score (nSPS) is 13.6. The molecule has 0 spiro atoms. The third kappa shape index (κ3) is 5.25. The van der Waals surface area contributed by atoms with Crippen molar-refractivity contribution >= 4 is 17.7 Å². The molecule has 9 nitrogen and oxygen atoms in total. The molecule has 0 aliphatic carbocycles. The van der Waals surface area contributed by atoms with Crippen LogP contribution in [0.15, 0.2) is 23.3 Å². The van der Waals surface area contributed by atoms with Gasteiger partial charge in [-0.05, 0) is 26.7 Å². The molecule has 27 heavy (non-hydrogen) atoms. The number of nitrogens with one attached hydrogen (secondary N) is 2. The highest BCUT2D eigenvalue weighted by molar-refractivity contribution is 5.75.